The molecule has 0 spiro atoms. The third-order valence-corrected chi connectivity index (χ3v) is 5.77. The number of ketones is 1. The molecule has 1 N–H and O–H groups in total. The molecular formula is C26H36N2O3. The summed E-state index contributed by atoms with van der Waals surface area (Å²) in [5.74, 6) is -0.129. The summed E-state index contributed by atoms with van der Waals surface area (Å²) < 4.78 is 5.59. The molecule has 1 fully saturated rings. The maximum absolute atomic E-state index is 12.3. The first-order chi connectivity index (χ1) is 14.7. The number of hydrogen-bond acceptors (Lipinski definition) is 5. The normalized spacial score (nSPS) is 17.0. The summed E-state index contributed by atoms with van der Waals surface area (Å²) in [5, 5.41) is 3.26. The molecule has 0 aliphatic heterocycles. The van der Waals surface area contributed by atoms with Gasteiger partial charge in [0.1, 0.15) is 12.1 Å². The van der Waals surface area contributed by atoms with Crippen LogP contribution in [0.3, 0.4) is 0 Å². The second-order valence-electron chi connectivity index (χ2n) is 8.39. The standard InChI is InChI=1S/C26H36N2O3/c1-7-23(14-18(3)21(6)29)19(4)28-25-15-22(13-12-17(25)2)16-27-20(5)26(30)31-24-10-8-9-11-24/h7,12-15,20,24,27H,8-11,16H2,1-6H3/b18-14-,23-7+,28-19?. The van der Waals surface area contributed by atoms with Crippen molar-refractivity contribution in [3.8, 4) is 0 Å². The number of allylic oxidation sites excluding steroid dienone is 4. The second-order valence-corrected chi connectivity index (χ2v) is 8.39. The minimum atomic E-state index is -0.357. The lowest BCUT2D eigenvalue weighted by atomic mass is 10.1. The van der Waals surface area contributed by atoms with E-state index in [1.807, 2.05) is 65.0 Å². The highest BCUT2D eigenvalue weighted by Crippen LogP contribution is 2.23. The average molecular weight is 425 g/mol. The van der Waals surface area contributed by atoms with E-state index in [1.165, 1.54) is 0 Å². The van der Waals surface area contributed by atoms with Crippen LogP contribution in [-0.4, -0.2) is 29.6 Å². The Morgan fingerprint density at radius 3 is 2.52 bits per heavy atom. The van der Waals surface area contributed by atoms with E-state index in [0.717, 1.165) is 53.8 Å². The van der Waals surface area contributed by atoms with Crippen LogP contribution in [0.4, 0.5) is 5.69 Å². The lowest BCUT2D eigenvalue weighted by molar-refractivity contribution is -0.150. The van der Waals surface area contributed by atoms with Crippen molar-refractivity contribution in [2.75, 3.05) is 0 Å². The van der Waals surface area contributed by atoms with Gasteiger partial charge in [0.05, 0.1) is 5.69 Å². The Morgan fingerprint density at radius 1 is 1.23 bits per heavy atom. The number of ether oxygens (including phenoxy) is 1. The van der Waals surface area contributed by atoms with Crippen molar-refractivity contribution in [1.29, 1.82) is 0 Å². The number of Topliss-reactive ketones (excluding diaryl/α,β-unsaturated/α-hetero) is 1. The minimum absolute atomic E-state index is 0.0528. The lowest BCUT2D eigenvalue weighted by Gasteiger charge is -2.17. The number of aryl methyl sites for hydroxylation is 1. The monoisotopic (exact) mass is 424 g/mol. The maximum atomic E-state index is 12.3. The van der Waals surface area contributed by atoms with Gasteiger partial charge in [0.15, 0.2) is 5.78 Å². The Kier molecular flexibility index (Phi) is 9.38. The van der Waals surface area contributed by atoms with Gasteiger partial charge in [0.2, 0.25) is 0 Å². The van der Waals surface area contributed by atoms with Crippen molar-refractivity contribution in [1.82, 2.24) is 5.32 Å². The van der Waals surface area contributed by atoms with E-state index in [9.17, 15) is 9.59 Å². The summed E-state index contributed by atoms with van der Waals surface area (Å²) in [4.78, 5) is 28.7. The molecule has 1 aromatic carbocycles. The fourth-order valence-corrected chi connectivity index (χ4v) is 3.49. The Balaban J connectivity index is 2.07. The molecule has 2 rings (SSSR count). The molecule has 0 amide bonds. The Morgan fingerprint density at radius 2 is 1.90 bits per heavy atom. The maximum Gasteiger partial charge on any atom is 0.323 e. The van der Waals surface area contributed by atoms with E-state index in [-0.39, 0.29) is 23.9 Å². The number of benzene rings is 1. The highest BCUT2D eigenvalue weighted by molar-refractivity contribution is 6.04. The number of nitrogens with zero attached hydrogens (tertiary/aromatic N) is 1. The van der Waals surface area contributed by atoms with Crippen LogP contribution < -0.4 is 5.32 Å². The number of carbonyl (C=O) groups is 2. The zero-order valence-electron chi connectivity index (χ0n) is 19.7. The first-order valence-corrected chi connectivity index (χ1v) is 11.2. The second kappa shape index (κ2) is 11.8. The number of rotatable bonds is 9. The van der Waals surface area contributed by atoms with Gasteiger partial charge in [-0.1, -0.05) is 18.2 Å². The lowest BCUT2D eigenvalue weighted by Crippen LogP contribution is -2.36. The molecule has 0 heterocycles. The van der Waals surface area contributed by atoms with Crippen LogP contribution >= 0.6 is 0 Å². The van der Waals surface area contributed by atoms with Gasteiger partial charge in [-0.2, -0.15) is 0 Å². The predicted octanol–water partition coefficient (Wildman–Crippen LogP) is 5.53. The molecule has 5 heteroatoms. The topological polar surface area (TPSA) is 67.8 Å². The molecule has 1 aromatic rings. The van der Waals surface area contributed by atoms with E-state index in [4.69, 9.17) is 9.73 Å². The average Bonchev–Trinajstić information content (AvgIpc) is 3.24. The van der Waals surface area contributed by atoms with E-state index < -0.39 is 0 Å². The number of esters is 1. The van der Waals surface area contributed by atoms with E-state index in [2.05, 4.69) is 5.32 Å². The SMILES string of the molecule is C/C=C(\C=C(\C)C(C)=O)C(C)=Nc1cc(CNC(C)C(=O)OC2CCCC2)ccc1C. The van der Waals surface area contributed by atoms with Crippen LogP contribution in [0.15, 0.2) is 46.5 Å². The number of aliphatic imine (C=N–C) groups is 1. The summed E-state index contributed by atoms with van der Waals surface area (Å²) in [6.45, 7) is 11.7. The van der Waals surface area contributed by atoms with Gasteiger partial charge in [0.25, 0.3) is 0 Å². The van der Waals surface area contributed by atoms with Crippen LogP contribution in [-0.2, 0) is 20.9 Å². The van der Waals surface area contributed by atoms with Gasteiger partial charge in [0, 0.05) is 12.3 Å². The zero-order chi connectivity index (χ0) is 23.0. The first kappa shape index (κ1) is 24.7. The van der Waals surface area contributed by atoms with Gasteiger partial charge in [-0.15, -0.1) is 0 Å². The van der Waals surface area contributed by atoms with E-state index in [1.54, 1.807) is 6.92 Å². The molecule has 1 unspecified atom stereocenters. The van der Waals surface area contributed by atoms with Crippen LogP contribution in [0.5, 0.6) is 0 Å². The largest absolute Gasteiger partial charge is 0.461 e. The summed E-state index contributed by atoms with van der Waals surface area (Å²) in [5.41, 5.74) is 5.49. The van der Waals surface area contributed by atoms with Crippen LogP contribution in [0.1, 0.15) is 71.4 Å². The van der Waals surface area contributed by atoms with Gasteiger partial charge in [-0.3, -0.25) is 14.6 Å². The molecule has 0 saturated heterocycles. The Labute approximate surface area is 186 Å². The number of nitrogens with one attached hydrogen (secondary N) is 1. The summed E-state index contributed by atoms with van der Waals surface area (Å²) in [7, 11) is 0. The zero-order valence-corrected chi connectivity index (χ0v) is 19.7. The van der Waals surface area contributed by atoms with Crippen molar-refractivity contribution in [3.63, 3.8) is 0 Å². The smallest absolute Gasteiger partial charge is 0.323 e. The number of carbonyl (C=O) groups excluding carboxylic acids is 2. The molecule has 0 bridgehead atoms. The van der Waals surface area contributed by atoms with Crippen molar-refractivity contribution >= 4 is 23.2 Å². The molecule has 31 heavy (non-hydrogen) atoms. The molecule has 168 valence electrons. The predicted molar refractivity (Wildman–Crippen MR) is 127 cm³/mol. The molecule has 1 aliphatic carbocycles. The highest BCUT2D eigenvalue weighted by atomic mass is 16.5. The number of hydrogen-bond donors (Lipinski definition) is 1. The fraction of sp³-hybridized carbons (Fsp3) is 0.500. The summed E-state index contributed by atoms with van der Waals surface area (Å²) >= 11 is 0. The first-order valence-electron chi connectivity index (χ1n) is 11.2. The highest BCUT2D eigenvalue weighted by Gasteiger charge is 2.22. The molecule has 0 radical (unpaired) electrons. The molecule has 1 aliphatic rings. The van der Waals surface area contributed by atoms with Gasteiger partial charge < -0.3 is 10.1 Å². The van der Waals surface area contributed by atoms with Crippen molar-refractivity contribution < 1.29 is 14.3 Å². The fourth-order valence-electron chi connectivity index (χ4n) is 3.49. The van der Waals surface area contributed by atoms with Crippen LogP contribution in [0, 0.1) is 6.92 Å². The van der Waals surface area contributed by atoms with Crippen molar-refractivity contribution in [2.45, 2.75) is 85.9 Å². The molecule has 0 aromatic heterocycles. The van der Waals surface area contributed by atoms with E-state index in [0.29, 0.717) is 12.1 Å². The van der Waals surface area contributed by atoms with Gasteiger partial charge in [-0.25, -0.2) is 0 Å². The van der Waals surface area contributed by atoms with Gasteiger partial charge >= 0.3 is 5.97 Å². The van der Waals surface area contributed by atoms with Crippen molar-refractivity contribution in [2.24, 2.45) is 4.99 Å². The summed E-state index contributed by atoms with van der Waals surface area (Å²) in [6.07, 6.45) is 8.17. The van der Waals surface area contributed by atoms with Crippen LogP contribution in [0.25, 0.3) is 0 Å². The van der Waals surface area contributed by atoms with Gasteiger partial charge in [-0.05, 0) is 102 Å². The summed E-state index contributed by atoms with van der Waals surface area (Å²) in [6, 6.07) is 5.76. The third kappa shape index (κ3) is 7.59. The molecule has 5 nitrogen and oxygen atoms in total. The third-order valence-electron chi connectivity index (χ3n) is 5.77. The van der Waals surface area contributed by atoms with Crippen LogP contribution in [0.2, 0.25) is 0 Å². The quantitative estimate of drug-likeness (QED) is 0.245. The van der Waals surface area contributed by atoms with E-state index >= 15 is 0 Å². The van der Waals surface area contributed by atoms with Crippen molar-refractivity contribution in [3.05, 3.63) is 52.6 Å². The Hall–Kier alpha value is -2.53. The molecular weight excluding hydrogens is 388 g/mol. The minimum Gasteiger partial charge on any atom is -0.461 e. The Bertz CT molecular complexity index is 890. The molecule has 1 saturated carbocycles. The molecule has 1 atom stereocenters.